The smallest absolute Gasteiger partial charge is 0.251 e. The topological polar surface area (TPSA) is 71.0 Å². The van der Waals surface area contributed by atoms with E-state index >= 15 is 0 Å². The van der Waals surface area contributed by atoms with Crippen molar-refractivity contribution in [1.29, 1.82) is 0 Å². The zero-order chi connectivity index (χ0) is 18.9. The maximum atomic E-state index is 12.6. The molecule has 150 valence electrons. The summed E-state index contributed by atoms with van der Waals surface area (Å²) in [7, 11) is 0. The fourth-order valence-electron chi connectivity index (χ4n) is 3.81. The summed E-state index contributed by atoms with van der Waals surface area (Å²) >= 11 is 0. The number of carbonyl (C=O) groups excluding carboxylic acids is 1. The van der Waals surface area contributed by atoms with Crippen molar-refractivity contribution in [2.24, 2.45) is 0 Å². The van der Waals surface area contributed by atoms with Gasteiger partial charge in [-0.15, -0.1) is 0 Å². The number of aliphatic hydroxyl groups excluding tert-OH is 1. The second kappa shape index (κ2) is 10.8. The molecule has 2 heterocycles. The van der Waals surface area contributed by atoms with Crippen molar-refractivity contribution in [1.82, 2.24) is 10.2 Å². The summed E-state index contributed by atoms with van der Waals surface area (Å²) in [5.41, 5.74) is 1.92. The first-order valence-corrected chi connectivity index (χ1v) is 10.2. The highest BCUT2D eigenvalue weighted by molar-refractivity contribution is 5.94. The van der Waals surface area contributed by atoms with Crippen LogP contribution in [0.3, 0.4) is 0 Å². The van der Waals surface area contributed by atoms with Crippen LogP contribution in [-0.4, -0.2) is 67.6 Å². The Hall–Kier alpha value is -1.47. The third-order valence-corrected chi connectivity index (χ3v) is 5.36. The molecule has 6 nitrogen and oxygen atoms in total. The molecular weight excluding hydrogens is 344 g/mol. The molecule has 1 aromatic rings. The summed E-state index contributed by atoms with van der Waals surface area (Å²) in [4.78, 5) is 15.1. The highest BCUT2D eigenvalue weighted by Gasteiger charge is 2.28. The number of aliphatic hydroxyl groups is 1. The first-order valence-electron chi connectivity index (χ1n) is 10.2. The van der Waals surface area contributed by atoms with E-state index in [1.165, 1.54) is 44.3 Å². The number of nitrogens with one attached hydrogen (secondary N) is 1. The number of rotatable bonds is 7. The zero-order valence-electron chi connectivity index (χ0n) is 16.1. The molecule has 2 aliphatic heterocycles. The van der Waals surface area contributed by atoms with Crippen molar-refractivity contribution in [2.45, 2.75) is 50.8 Å². The van der Waals surface area contributed by atoms with Gasteiger partial charge in [-0.05, 0) is 50.0 Å². The summed E-state index contributed by atoms with van der Waals surface area (Å²) in [6.45, 7) is 4.57. The average molecular weight is 376 g/mol. The highest BCUT2D eigenvalue weighted by Crippen LogP contribution is 2.15. The summed E-state index contributed by atoms with van der Waals surface area (Å²) in [6.07, 6.45) is 5.75. The van der Waals surface area contributed by atoms with Gasteiger partial charge in [0.05, 0.1) is 25.9 Å². The van der Waals surface area contributed by atoms with Crippen molar-refractivity contribution in [2.75, 3.05) is 39.5 Å². The molecule has 0 bridgehead atoms. The summed E-state index contributed by atoms with van der Waals surface area (Å²) in [5, 5.41) is 12.0. The molecule has 2 atom stereocenters. The Bertz CT molecular complexity index is 570. The van der Waals surface area contributed by atoms with Crippen molar-refractivity contribution in [3.05, 3.63) is 35.4 Å². The Kier molecular flexibility index (Phi) is 8.08. The SMILES string of the molecule is O=C(N[C@@H]1CCOC[C@H]1OCCO)c1ccc(CN2CCCCCC2)cc1. The van der Waals surface area contributed by atoms with E-state index in [4.69, 9.17) is 14.6 Å². The summed E-state index contributed by atoms with van der Waals surface area (Å²) in [6, 6.07) is 7.85. The van der Waals surface area contributed by atoms with Crippen LogP contribution in [0.15, 0.2) is 24.3 Å². The van der Waals surface area contributed by atoms with Gasteiger partial charge in [-0.2, -0.15) is 0 Å². The molecule has 27 heavy (non-hydrogen) atoms. The second-order valence-electron chi connectivity index (χ2n) is 7.46. The number of hydrogen-bond acceptors (Lipinski definition) is 5. The third-order valence-electron chi connectivity index (χ3n) is 5.36. The molecule has 1 aromatic carbocycles. The molecule has 2 fully saturated rings. The van der Waals surface area contributed by atoms with Gasteiger partial charge in [0.15, 0.2) is 0 Å². The molecule has 0 spiro atoms. The van der Waals surface area contributed by atoms with E-state index in [0.29, 0.717) is 18.8 Å². The number of likely N-dealkylation sites (tertiary alicyclic amines) is 1. The van der Waals surface area contributed by atoms with E-state index in [2.05, 4.69) is 22.3 Å². The lowest BCUT2D eigenvalue weighted by molar-refractivity contribution is -0.0737. The molecule has 2 aliphatic rings. The number of carbonyl (C=O) groups is 1. The van der Waals surface area contributed by atoms with Gasteiger partial charge in [0.25, 0.3) is 5.91 Å². The first kappa shape index (κ1) is 20.3. The number of ether oxygens (including phenoxy) is 2. The maximum Gasteiger partial charge on any atom is 0.251 e. The largest absolute Gasteiger partial charge is 0.394 e. The average Bonchev–Trinajstić information content (AvgIpc) is 2.96. The molecule has 0 saturated carbocycles. The van der Waals surface area contributed by atoms with Crippen molar-refractivity contribution >= 4 is 5.91 Å². The molecular formula is C21H32N2O4. The zero-order valence-corrected chi connectivity index (χ0v) is 16.1. The maximum absolute atomic E-state index is 12.6. The lowest BCUT2D eigenvalue weighted by atomic mass is 10.0. The van der Waals surface area contributed by atoms with Crippen molar-refractivity contribution < 1.29 is 19.4 Å². The van der Waals surface area contributed by atoms with Crippen LogP contribution in [0.2, 0.25) is 0 Å². The monoisotopic (exact) mass is 376 g/mol. The Morgan fingerprint density at radius 3 is 2.63 bits per heavy atom. The summed E-state index contributed by atoms with van der Waals surface area (Å²) < 4.78 is 11.0. The standard InChI is InChI=1S/C21H32N2O4/c24-12-14-27-20-16-26-13-9-19(20)22-21(25)18-7-5-17(6-8-18)15-23-10-3-1-2-4-11-23/h5-8,19-20,24H,1-4,9-16H2,(H,22,25)/t19-,20-/m1/s1. The minimum atomic E-state index is -0.211. The molecule has 3 rings (SSSR count). The van der Waals surface area contributed by atoms with Crippen LogP contribution in [-0.2, 0) is 16.0 Å². The van der Waals surface area contributed by atoms with E-state index in [1.807, 2.05) is 12.1 Å². The Labute approximate surface area is 161 Å². The van der Waals surface area contributed by atoms with Gasteiger partial charge in [0.2, 0.25) is 0 Å². The van der Waals surface area contributed by atoms with Crippen LogP contribution in [0, 0.1) is 0 Å². The van der Waals surface area contributed by atoms with Crippen LogP contribution in [0.25, 0.3) is 0 Å². The number of amides is 1. The normalized spacial score (nSPS) is 24.3. The molecule has 2 saturated heterocycles. The van der Waals surface area contributed by atoms with Crippen LogP contribution >= 0.6 is 0 Å². The molecule has 6 heteroatoms. The molecule has 1 amide bonds. The van der Waals surface area contributed by atoms with E-state index in [1.54, 1.807) is 0 Å². The van der Waals surface area contributed by atoms with Gasteiger partial charge in [-0.3, -0.25) is 9.69 Å². The highest BCUT2D eigenvalue weighted by atomic mass is 16.5. The van der Waals surface area contributed by atoms with Crippen LogP contribution < -0.4 is 5.32 Å². The number of hydrogen-bond donors (Lipinski definition) is 2. The van der Waals surface area contributed by atoms with Crippen molar-refractivity contribution in [3.63, 3.8) is 0 Å². The van der Waals surface area contributed by atoms with Gasteiger partial charge in [0, 0.05) is 18.7 Å². The van der Waals surface area contributed by atoms with E-state index in [-0.39, 0.29) is 31.3 Å². The van der Waals surface area contributed by atoms with Gasteiger partial charge >= 0.3 is 0 Å². The minimum Gasteiger partial charge on any atom is -0.394 e. The van der Waals surface area contributed by atoms with E-state index in [9.17, 15) is 4.79 Å². The lowest BCUT2D eigenvalue weighted by Crippen LogP contribution is -2.50. The van der Waals surface area contributed by atoms with Gasteiger partial charge in [-0.1, -0.05) is 25.0 Å². The molecule has 0 unspecified atom stereocenters. The van der Waals surface area contributed by atoms with Crippen molar-refractivity contribution in [3.8, 4) is 0 Å². The van der Waals surface area contributed by atoms with Gasteiger partial charge in [-0.25, -0.2) is 0 Å². The Balaban J connectivity index is 1.53. The number of benzene rings is 1. The van der Waals surface area contributed by atoms with E-state index < -0.39 is 0 Å². The Morgan fingerprint density at radius 1 is 1.19 bits per heavy atom. The quantitative estimate of drug-likeness (QED) is 0.761. The Morgan fingerprint density at radius 2 is 1.93 bits per heavy atom. The lowest BCUT2D eigenvalue weighted by Gasteiger charge is -2.32. The fourth-order valence-corrected chi connectivity index (χ4v) is 3.81. The first-order chi connectivity index (χ1) is 13.3. The van der Waals surface area contributed by atoms with Gasteiger partial charge < -0.3 is 19.9 Å². The van der Waals surface area contributed by atoms with Gasteiger partial charge in [0.1, 0.15) is 6.10 Å². The predicted molar refractivity (Wildman–Crippen MR) is 104 cm³/mol. The predicted octanol–water partition coefficient (Wildman–Crippen LogP) is 1.96. The van der Waals surface area contributed by atoms with E-state index in [0.717, 1.165) is 13.0 Å². The molecule has 0 radical (unpaired) electrons. The number of nitrogens with zero attached hydrogens (tertiary/aromatic N) is 1. The molecule has 0 aliphatic carbocycles. The minimum absolute atomic E-state index is 0.0321. The van der Waals surface area contributed by atoms with Crippen LogP contribution in [0.4, 0.5) is 0 Å². The molecule has 0 aromatic heterocycles. The molecule has 2 N–H and O–H groups in total. The van der Waals surface area contributed by atoms with Crippen LogP contribution in [0.5, 0.6) is 0 Å². The van der Waals surface area contributed by atoms with Crippen LogP contribution in [0.1, 0.15) is 48.0 Å². The summed E-state index contributed by atoms with van der Waals surface area (Å²) in [5.74, 6) is -0.0826. The second-order valence-corrected chi connectivity index (χ2v) is 7.46. The fraction of sp³-hybridized carbons (Fsp3) is 0.667. The third kappa shape index (κ3) is 6.28.